The zero-order chi connectivity index (χ0) is 50.4. The molecule has 4 N–H and O–H groups in total. The Labute approximate surface area is 418 Å². The summed E-state index contributed by atoms with van der Waals surface area (Å²) in [7, 11) is -1.87. The molecule has 0 aliphatic rings. The maximum absolute atomic E-state index is 11.3. The maximum atomic E-state index is 11.3. The van der Waals surface area contributed by atoms with Crippen LogP contribution in [0, 0.1) is 0 Å². The standard InChI is InChI=1S/C58H48O12P2/c59-55(60)43-9-1-39(2-10-43)35-67-47-17-25-51(26-18-47)71(52-27-19-48(20-28-52)68-36-40-3-11-44(12-4-40)56(61)62)33-34-72(53-29-21-49(22-30-53)69-37-41-5-13-45(14-6-41)57(63)64)54-31-23-50(24-32-54)70-38-42-7-15-46(16-8-42)58(65)66/h1-32H,33-38H2,(H,59,60)(H,61,62)(H,63,64)(H,65,66). The highest BCUT2D eigenvalue weighted by Gasteiger charge is 2.21. The van der Waals surface area contributed by atoms with Gasteiger partial charge in [-0.25, -0.2) is 19.2 Å². The summed E-state index contributed by atoms with van der Waals surface area (Å²) in [6.45, 7) is 1.10. The lowest BCUT2D eigenvalue weighted by Gasteiger charge is -2.24. The number of hydrogen-bond donors (Lipinski definition) is 4. The van der Waals surface area contributed by atoms with Gasteiger partial charge in [-0.15, -0.1) is 0 Å². The summed E-state index contributed by atoms with van der Waals surface area (Å²) < 4.78 is 24.5. The third-order valence-corrected chi connectivity index (χ3v) is 16.9. The molecular weight excluding hydrogens is 951 g/mol. The first-order chi connectivity index (χ1) is 34.9. The van der Waals surface area contributed by atoms with E-state index in [4.69, 9.17) is 18.9 Å². The minimum Gasteiger partial charge on any atom is -0.489 e. The molecule has 0 amide bonds. The molecule has 12 nitrogen and oxygen atoms in total. The van der Waals surface area contributed by atoms with E-state index < -0.39 is 39.7 Å². The number of hydrogen-bond acceptors (Lipinski definition) is 8. The van der Waals surface area contributed by atoms with Crippen LogP contribution < -0.4 is 40.2 Å². The lowest BCUT2D eigenvalue weighted by atomic mass is 10.1. The summed E-state index contributed by atoms with van der Waals surface area (Å²) >= 11 is 0. The van der Waals surface area contributed by atoms with Crippen LogP contribution in [0.3, 0.4) is 0 Å². The van der Waals surface area contributed by atoms with Crippen molar-refractivity contribution in [2.45, 2.75) is 26.4 Å². The normalized spacial score (nSPS) is 11.0. The highest BCUT2D eigenvalue weighted by molar-refractivity contribution is 7.76. The minimum absolute atomic E-state index is 0.210. The molecule has 0 aliphatic carbocycles. The largest absolute Gasteiger partial charge is 0.489 e. The highest BCUT2D eigenvalue weighted by atomic mass is 31.1. The SMILES string of the molecule is O=C(O)c1ccc(COc2ccc(P(CCP(c3ccc(OCc4ccc(C(=O)O)cc4)cc3)c3ccc(OCc4ccc(C(=O)O)cc4)cc3)c3ccc(OCc4ccc(C(=O)O)cc4)cc3)cc2)cc1. The lowest BCUT2D eigenvalue weighted by molar-refractivity contribution is 0.0686. The first-order valence-electron chi connectivity index (χ1n) is 22.7. The monoisotopic (exact) mass is 998 g/mol. The molecule has 362 valence electrons. The summed E-state index contributed by atoms with van der Waals surface area (Å²) in [6, 6.07) is 58.9. The summed E-state index contributed by atoms with van der Waals surface area (Å²) in [5.41, 5.74) is 4.22. The van der Waals surface area contributed by atoms with E-state index in [1.807, 2.05) is 48.5 Å². The number of rotatable bonds is 23. The van der Waals surface area contributed by atoms with Crippen molar-refractivity contribution >= 4 is 60.9 Å². The van der Waals surface area contributed by atoms with E-state index in [1.54, 1.807) is 97.1 Å². The van der Waals surface area contributed by atoms with Gasteiger partial charge < -0.3 is 39.4 Å². The fraction of sp³-hybridized carbons (Fsp3) is 0.103. The molecular formula is C58H48O12P2. The minimum atomic E-state index is -0.985. The molecule has 0 heterocycles. The molecule has 0 bridgehead atoms. The molecule has 0 saturated heterocycles. The molecule has 0 radical (unpaired) electrons. The third-order valence-electron chi connectivity index (χ3n) is 11.6. The van der Waals surface area contributed by atoms with Crippen molar-refractivity contribution in [2.24, 2.45) is 0 Å². The van der Waals surface area contributed by atoms with Gasteiger partial charge in [0.15, 0.2) is 0 Å². The van der Waals surface area contributed by atoms with Crippen LogP contribution in [0.15, 0.2) is 194 Å². The Morgan fingerprint density at radius 3 is 0.625 bits per heavy atom. The van der Waals surface area contributed by atoms with Crippen molar-refractivity contribution in [1.29, 1.82) is 0 Å². The fourth-order valence-corrected chi connectivity index (χ4v) is 12.8. The second kappa shape index (κ2) is 24.0. The third kappa shape index (κ3) is 13.7. The van der Waals surface area contributed by atoms with Gasteiger partial charge in [0.05, 0.1) is 22.3 Å². The van der Waals surface area contributed by atoms with Crippen molar-refractivity contribution in [2.75, 3.05) is 12.3 Å². The van der Waals surface area contributed by atoms with Gasteiger partial charge in [0.2, 0.25) is 0 Å². The van der Waals surface area contributed by atoms with Gasteiger partial charge in [-0.1, -0.05) is 97.1 Å². The van der Waals surface area contributed by atoms with Crippen molar-refractivity contribution in [3.63, 3.8) is 0 Å². The van der Waals surface area contributed by atoms with Crippen LogP contribution in [0.4, 0.5) is 0 Å². The number of benzene rings is 8. The quantitative estimate of drug-likeness (QED) is 0.0445. The number of carboxylic acid groups (broad SMARTS) is 4. The van der Waals surface area contributed by atoms with Gasteiger partial charge in [0, 0.05) is 0 Å². The predicted molar refractivity (Wildman–Crippen MR) is 279 cm³/mol. The Balaban J connectivity index is 1.03. The molecule has 8 aromatic rings. The van der Waals surface area contributed by atoms with Gasteiger partial charge in [-0.3, -0.25) is 0 Å². The van der Waals surface area contributed by atoms with Crippen molar-refractivity contribution < 1.29 is 58.6 Å². The lowest BCUT2D eigenvalue weighted by Crippen LogP contribution is -2.20. The summed E-state index contributed by atoms with van der Waals surface area (Å²) in [5, 5.41) is 41.8. The first-order valence-corrected chi connectivity index (χ1v) is 25.7. The van der Waals surface area contributed by atoms with Crippen LogP contribution in [0.5, 0.6) is 23.0 Å². The van der Waals surface area contributed by atoms with Gasteiger partial charge in [0.25, 0.3) is 0 Å². The Bertz CT molecular complexity index is 2670. The Morgan fingerprint density at radius 2 is 0.458 bits per heavy atom. The fourth-order valence-electron chi connectivity index (χ4n) is 7.54. The van der Waals surface area contributed by atoms with Crippen molar-refractivity contribution in [1.82, 2.24) is 0 Å². The topological polar surface area (TPSA) is 186 Å². The van der Waals surface area contributed by atoms with Gasteiger partial charge in [-0.2, -0.15) is 0 Å². The number of aromatic carboxylic acids is 4. The molecule has 0 saturated carbocycles. The molecule has 0 spiro atoms. The van der Waals surface area contributed by atoms with Crippen LogP contribution in [0.25, 0.3) is 0 Å². The van der Waals surface area contributed by atoms with Gasteiger partial charge in [-0.05, 0) is 169 Å². The van der Waals surface area contributed by atoms with E-state index >= 15 is 0 Å². The van der Waals surface area contributed by atoms with Crippen molar-refractivity contribution in [3.05, 3.63) is 239 Å². The molecule has 0 atom stereocenters. The zero-order valence-electron chi connectivity index (χ0n) is 38.7. The summed E-state index contributed by atoms with van der Waals surface area (Å²) in [4.78, 5) is 45.4. The molecule has 14 heteroatoms. The van der Waals surface area contributed by atoms with E-state index in [1.165, 1.54) is 0 Å². The molecule has 8 aromatic carbocycles. The van der Waals surface area contributed by atoms with Crippen molar-refractivity contribution in [3.8, 4) is 23.0 Å². The van der Waals surface area contributed by atoms with Crippen LogP contribution in [0.2, 0.25) is 0 Å². The Kier molecular flexibility index (Phi) is 16.7. The first kappa shape index (κ1) is 50.1. The second-order valence-electron chi connectivity index (χ2n) is 16.4. The molecule has 0 fully saturated rings. The van der Waals surface area contributed by atoms with Crippen LogP contribution in [0.1, 0.15) is 63.7 Å². The molecule has 0 aliphatic heterocycles. The van der Waals surface area contributed by atoms with Crippen LogP contribution in [-0.2, 0) is 26.4 Å². The summed E-state index contributed by atoms with van der Waals surface area (Å²) in [5.74, 6) is -1.23. The smallest absolute Gasteiger partial charge is 0.335 e. The maximum Gasteiger partial charge on any atom is 0.335 e. The van der Waals surface area contributed by atoms with E-state index in [9.17, 15) is 39.6 Å². The van der Waals surface area contributed by atoms with E-state index in [0.717, 1.165) is 55.8 Å². The molecule has 0 unspecified atom stereocenters. The van der Waals surface area contributed by atoms with Crippen LogP contribution >= 0.6 is 15.8 Å². The van der Waals surface area contributed by atoms with Gasteiger partial charge in [0.1, 0.15) is 49.4 Å². The molecule has 8 rings (SSSR count). The predicted octanol–water partition coefficient (Wildman–Crippen LogP) is 10.4. The van der Waals surface area contributed by atoms with E-state index in [2.05, 4.69) is 48.5 Å². The number of ether oxygens (including phenoxy) is 4. The van der Waals surface area contributed by atoms with Gasteiger partial charge >= 0.3 is 23.9 Å². The van der Waals surface area contributed by atoms with Crippen LogP contribution in [-0.4, -0.2) is 56.6 Å². The molecule has 0 aromatic heterocycles. The average molecular weight is 999 g/mol. The highest BCUT2D eigenvalue weighted by Crippen LogP contribution is 2.42. The Morgan fingerprint density at radius 1 is 0.278 bits per heavy atom. The average Bonchev–Trinajstić information content (AvgIpc) is 3.41. The second-order valence-corrected chi connectivity index (χ2v) is 21.1. The Hall–Kier alpha value is -8.30. The number of carboxylic acids is 4. The van der Waals surface area contributed by atoms with E-state index in [0.29, 0.717) is 23.0 Å². The summed E-state index contributed by atoms with van der Waals surface area (Å²) in [6.07, 6.45) is 1.64. The van der Waals surface area contributed by atoms with E-state index in [-0.39, 0.29) is 48.7 Å². The molecule has 72 heavy (non-hydrogen) atoms. The zero-order valence-corrected chi connectivity index (χ0v) is 40.5. The number of carbonyl (C=O) groups is 4.